The maximum Gasteiger partial charge on any atom is 0.305 e. The van der Waals surface area contributed by atoms with Crippen LogP contribution in [0.15, 0.2) is 18.2 Å². The molecule has 0 amide bonds. The van der Waals surface area contributed by atoms with E-state index in [4.69, 9.17) is 5.11 Å². The molecule has 0 saturated carbocycles. The first-order valence-corrected chi connectivity index (χ1v) is 5.20. The molecular weight excluding hydrogens is 240 g/mol. The standard InChI is InChI=1S/C10H10N4O4/c1-6(4-10(15)16)13-9-3-2-7(14(17)18)5-8(9)11-12-13/h2-3,5-6H,4H2,1H3,(H,15,16). The number of nitro benzene ring substituents is 1. The molecule has 8 heteroatoms. The molecular formula is C10H10N4O4. The van der Waals surface area contributed by atoms with Crippen LogP contribution >= 0.6 is 0 Å². The minimum Gasteiger partial charge on any atom is -0.481 e. The predicted octanol–water partition coefficient (Wildman–Crippen LogP) is 1.38. The average Bonchev–Trinajstić information content (AvgIpc) is 2.70. The van der Waals surface area contributed by atoms with Gasteiger partial charge in [0, 0.05) is 12.1 Å². The van der Waals surface area contributed by atoms with Gasteiger partial charge in [0.1, 0.15) is 5.52 Å². The molecule has 1 aromatic carbocycles. The molecule has 0 bridgehead atoms. The average molecular weight is 250 g/mol. The molecule has 0 aliphatic heterocycles. The fourth-order valence-electron chi connectivity index (χ4n) is 1.71. The Bertz CT molecular complexity index is 621. The van der Waals surface area contributed by atoms with Crippen LogP contribution in [0.3, 0.4) is 0 Å². The summed E-state index contributed by atoms with van der Waals surface area (Å²) in [5.41, 5.74) is 0.885. The van der Waals surface area contributed by atoms with Gasteiger partial charge < -0.3 is 5.11 Å². The molecule has 18 heavy (non-hydrogen) atoms. The van der Waals surface area contributed by atoms with Gasteiger partial charge in [-0.15, -0.1) is 5.10 Å². The zero-order valence-corrected chi connectivity index (χ0v) is 9.48. The van der Waals surface area contributed by atoms with Crippen LogP contribution in [0.5, 0.6) is 0 Å². The fraction of sp³-hybridized carbons (Fsp3) is 0.300. The first-order chi connectivity index (χ1) is 8.49. The lowest BCUT2D eigenvalue weighted by molar-refractivity contribution is -0.384. The Kier molecular flexibility index (Phi) is 2.92. The van der Waals surface area contributed by atoms with Crippen molar-refractivity contribution in [3.8, 4) is 0 Å². The van der Waals surface area contributed by atoms with E-state index >= 15 is 0 Å². The number of rotatable bonds is 4. The van der Waals surface area contributed by atoms with Crippen LogP contribution in [0.1, 0.15) is 19.4 Å². The molecule has 2 rings (SSSR count). The van der Waals surface area contributed by atoms with Crippen molar-refractivity contribution in [3.63, 3.8) is 0 Å². The molecule has 0 saturated heterocycles. The zero-order valence-electron chi connectivity index (χ0n) is 9.48. The summed E-state index contributed by atoms with van der Waals surface area (Å²) in [6.07, 6.45) is -0.0878. The monoisotopic (exact) mass is 250 g/mol. The first-order valence-electron chi connectivity index (χ1n) is 5.20. The van der Waals surface area contributed by atoms with Gasteiger partial charge in [-0.1, -0.05) is 5.21 Å². The zero-order chi connectivity index (χ0) is 13.3. The highest BCUT2D eigenvalue weighted by molar-refractivity contribution is 5.77. The number of fused-ring (bicyclic) bond motifs is 1. The second kappa shape index (κ2) is 4.40. The Labute approximate surface area is 101 Å². The van der Waals surface area contributed by atoms with Crippen molar-refractivity contribution in [2.75, 3.05) is 0 Å². The Hall–Kier alpha value is -2.51. The molecule has 8 nitrogen and oxygen atoms in total. The normalized spacial score (nSPS) is 12.5. The van der Waals surface area contributed by atoms with Crippen molar-refractivity contribution >= 4 is 22.7 Å². The van der Waals surface area contributed by atoms with Crippen molar-refractivity contribution in [3.05, 3.63) is 28.3 Å². The number of carboxylic acids is 1. The summed E-state index contributed by atoms with van der Waals surface area (Å²) in [5, 5.41) is 27.0. The van der Waals surface area contributed by atoms with Gasteiger partial charge in [-0.2, -0.15) is 0 Å². The van der Waals surface area contributed by atoms with E-state index in [0.717, 1.165) is 0 Å². The van der Waals surface area contributed by atoms with Gasteiger partial charge >= 0.3 is 5.97 Å². The molecule has 0 radical (unpaired) electrons. The van der Waals surface area contributed by atoms with E-state index < -0.39 is 10.9 Å². The van der Waals surface area contributed by atoms with E-state index in [-0.39, 0.29) is 18.2 Å². The van der Waals surface area contributed by atoms with Crippen LogP contribution in [0, 0.1) is 10.1 Å². The molecule has 1 atom stereocenters. The number of carbonyl (C=O) groups is 1. The SMILES string of the molecule is CC(CC(=O)O)n1nnc2cc([N+](=O)[O-])ccc21. The minimum absolute atomic E-state index is 0.0690. The van der Waals surface area contributed by atoms with Crippen LogP contribution < -0.4 is 0 Å². The van der Waals surface area contributed by atoms with E-state index in [1.54, 1.807) is 6.92 Å². The Morgan fingerprint density at radius 3 is 2.94 bits per heavy atom. The van der Waals surface area contributed by atoms with Crippen molar-refractivity contribution in [2.24, 2.45) is 0 Å². The molecule has 0 fully saturated rings. The predicted molar refractivity (Wildman–Crippen MR) is 61.1 cm³/mol. The molecule has 0 aliphatic carbocycles. The van der Waals surface area contributed by atoms with Crippen LogP contribution in [-0.4, -0.2) is 31.0 Å². The van der Waals surface area contributed by atoms with Crippen molar-refractivity contribution in [2.45, 2.75) is 19.4 Å². The van der Waals surface area contributed by atoms with E-state index in [1.165, 1.54) is 22.9 Å². The third-order valence-corrected chi connectivity index (χ3v) is 2.55. The van der Waals surface area contributed by atoms with Crippen molar-refractivity contribution in [1.82, 2.24) is 15.0 Å². The van der Waals surface area contributed by atoms with Gasteiger partial charge in [0.05, 0.1) is 22.9 Å². The number of benzene rings is 1. The molecule has 1 heterocycles. The maximum absolute atomic E-state index is 10.6. The number of hydrogen-bond acceptors (Lipinski definition) is 5. The van der Waals surface area contributed by atoms with Crippen LogP contribution in [0.25, 0.3) is 11.0 Å². The summed E-state index contributed by atoms with van der Waals surface area (Å²) in [5.74, 6) is -0.937. The van der Waals surface area contributed by atoms with Gasteiger partial charge in [0.15, 0.2) is 0 Å². The van der Waals surface area contributed by atoms with Crippen LogP contribution in [0.4, 0.5) is 5.69 Å². The molecule has 1 unspecified atom stereocenters. The second-order valence-electron chi connectivity index (χ2n) is 3.91. The summed E-state index contributed by atoms with van der Waals surface area (Å²) in [4.78, 5) is 20.7. The van der Waals surface area contributed by atoms with Gasteiger partial charge in [-0.3, -0.25) is 14.9 Å². The molecule has 94 valence electrons. The van der Waals surface area contributed by atoms with Gasteiger partial charge in [0.2, 0.25) is 0 Å². The largest absolute Gasteiger partial charge is 0.481 e. The van der Waals surface area contributed by atoms with Crippen LogP contribution in [0.2, 0.25) is 0 Å². The highest BCUT2D eigenvalue weighted by atomic mass is 16.6. The number of aromatic nitrogens is 3. The summed E-state index contributed by atoms with van der Waals surface area (Å²) in [6, 6.07) is 3.81. The van der Waals surface area contributed by atoms with Gasteiger partial charge in [-0.05, 0) is 13.0 Å². The molecule has 0 aliphatic rings. The highest BCUT2D eigenvalue weighted by Gasteiger charge is 2.16. The lowest BCUT2D eigenvalue weighted by atomic mass is 10.2. The third kappa shape index (κ3) is 2.12. The summed E-state index contributed by atoms with van der Waals surface area (Å²) in [6.45, 7) is 1.70. The molecule has 1 N–H and O–H groups in total. The number of nitrogens with zero attached hydrogens (tertiary/aromatic N) is 4. The minimum atomic E-state index is -0.937. The lowest BCUT2D eigenvalue weighted by Crippen LogP contribution is -2.11. The van der Waals surface area contributed by atoms with Gasteiger partial charge in [0.25, 0.3) is 5.69 Å². The number of carboxylic acid groups (broad SMARTS) is 1. The Morgan fingerprint density at radius 2 is 2.33 bits per heavy atom. The number of aliphatic carboxylic acids is 1. The quantitative estimate of drug-likeness (QED) is 0.648. The topological polar surface area (TPSA) is 111 Å². The molecule has 1 aromatic heterocycles. The number of nitro groups is 1. The Balaban J connectivity index is 2.42. The van der Waals surface area contributed by atoms with Crippen molar-refractivity contribution in [1.29, 1.82) is 0 Å². The summed E-state index contributed by atoms with van der Waals surface area (Å²) in [7, 11) is 0. The number of hydrogen-bond donors (Lipinski definition) is 1. The van der Waals surface area contributed by atoms with Crippen LogP contribution in [-0.2, 0) is 4.79 Å². The fourth-order valence-corrected chi connectivity index (χ4v) is 1.71. The smallest absolute Gasteiger partial charge is 0.305 e. The van der Waals surface area contributed by atoms with Crippen molar-refractivity contribution < 1.29 is 14.8 Å². The molecule has 0 spiro atoms. The van der Waals surface area contributed by atoms with Gasteiger partial charge in [-0.25, -0.2) is 4.68 Å². The van der Waals surface area contributed by atoms with E-state index in [1.807, 2.05) is 0 Å². The summed E-state index contributed by atoms with van der Waals surface area (Å²) >= 11 is 0. The Morgan fingerprint density at radius 1 is 1.61 bits per heavy atom. The van der Waals surface area contributed by atoms with E-state index in [2.05, 4.69) is 10.3 Å². The van der Waals surface area contributed by atoms with E-state index in [0.29, 0.717) is 11.0 Å². The highest BCUT2D eigenvalue weighted by Crippen LogP contribution is 2.22. The lowest BCUT2D eigenvalue weighted by Gasteiger charge is -2.09. The van der Waals surface area contributed by atoms with E-state index in [9.17, 15) is 14.9 Å². The second-order valence-corrected chi connectivity index (χ2v) is 3.91. The third-order valence-electron chi connectivity index (χ3n) is 2.55. The maximum atomic E-state index is 10.6. The first kappa shape index (κ1) is 12.0. The number of non-ortho nitro benzene ring substituents is 1. The summed E-state index contributed by atoms with van der Waals surface area (Å²) < 4.78 is 1.45. The molecule has 2 aromatic rings.